The van der Waals surface area contributed by atoms with Crippen LogP contribution in [0.25, 0.3) is 0 Å². The van der Waals surface area contributed by atoms with E-state index < -0.39 is 35.6 Å². The van der Waals surface area contributed by atoms with Gasteiger partial charge in [-0.25, -0.2) is 0 Å². The minimum absolute atomic E-state index is 0.0804. The number of carbonyl (C=O) groups excluding carboxylic acids is 3. The van der Waals surface area contributed by atoms with Crippen LogP contribution >= 0.6 is 0 Å². The van der Waals surface area contributed by atoms with Crippen molar-refractivity contribution >= 4 is 23.5 Å². The van der Waals surface area contributed by atoms with Crippen LogP contribution in [0, 0.1) is 25.7 Å². The molecule has 4 heterocycles. The van der Waals surface area contributed by atoms with E-state index >= 15 is 0 Å². The molecule has 5 atom stereocenters. The zero-order valence-electron chi connectivity index (χ0n) is 21.6. The van der Waals surface area contributed by atoms with Crippen LogP contribution in [-0.4, -0.2) is 71.8 Å². The van der Waals surface area contributed by atoms with Crippen molar-refractivity contribution in [3.8, 4) is 0 Å². The molecule has 4 aliphatic rings. The third kappa shape index (κ3) is 4.40. The molecule has 4 aliphatic heterocycles. The number of carbonyl (C=O) groups is 3. The fraction of sp³-hybridized carbons (Fsp3) is 0.552. The summed E-state index contributed by atoms with van der Waals surface area (Å²) in [6, 6.07) is 5.11. The molecule has 8 nitrogen and oxygen atoms in total. The molecule has 0 aliphatic carbocycles. The first-order chi connectivity index (χ1) is 17.9. The minimum Gasteiger partial charge on any atom is -0.465 e. The number of aryl methyl sites for hydroxylation is 2. The predicted molar refractivity (Wildman–Crippen MR) is 138 cm³/mol. The first kappa shape index (κ1) is 25.7. The van der Waals surface area contributed by atoms with Gasteiger partial charge in [0.2, 0.25) is 5.91 Å². The number of hydrogen-bond acceptors (Lipinski definition) is 6. The van der Waals surface area contributed by atoms with E-state index in [0.29, 0.717) is 39.0 Å². The van der Waals surface area contributed by atoms with Gasteiger partial charge in [-0.2, -0.15) is 0 Å². The van der Waals surface area contributed by atoms with E-state index in [4.69, 9.17) is 9.47 Å². The van der Waals surface area contributed by atoms with Crippen LogP contribution in [0.2, 0.25) is 0 Å². The maximum atomic E-state index is 14.4. The largest absolute Gasteiger partial charge is 0.465 e. The van der Waals surface area contributed by atoms with E-state index in [1.807, 2.05) is 56.4 Å². The van der Waals surface area contributed by atoms with Gasteiger partial charge in [-0.1, -0.05) is 36.4 Å². The number of likely N-dealkylation sites (tertiary alicyclic amines) is 1. The SMILES string of the molecule is Cc1ccc(C)c(N2CC=C[C@]34O[C@H]5/C=C\CCCOC(=O)[C@H]5[C@H]3C(=O)N(CCCCCO)C4C2=O)c1. The summed E-state index contributed by atoms with van der Waals surface area (Å²) >= 11 is 0. The summed E-state index contributed by atoms with van der Waals surface area (Å²) in [4.78, 5) is 45.1. The first-order valence-electron chi connectivity index (χ1n) is 13.4. The van der Waals surface area contributed by atoms with Crippen molar-refractivity contribution in [3.05, 3.63) is 53.6 Å². The van der Waals surface area contributed by atoms with Gasteiger partial charge >= 0.3 is 5.97 Å². The number of aliphatic hydroxyl groups excluding tert-OH is 1. The number of esters is 1. The lowest BCUT2D eigenvalue weighted by atomic mass is 9.78. The second kappa shape index (κ2) is 10.4. The Bertz CT molecular complexity index is 1130. The van der Waals surface area contributed by atoms with E-state index in [2.05, 4.69) is 0 Å². The summed E-state index contributed by atoms with van der Waals surface area (Å²) < 4.78 is 12.2. The average molecular weight is 509 g/mol. The van der Waals surface area contributed by atoms with Gasteiger partial charge in [0, 0.05) is 25.4 Å². The molecule has 198 valence electrons. The van der Waals surface area contributed by atoms with Crippen LogP contribution in [0.5, 0.6) is 0 Å². The zero-order valence-corrected chi connectivity index (χ0v) is 21.6. The number of amides is 2. The molecule has 2 amide bonds. The predicted octanol–water partition coefficient (Wildman–Crippen LogP) is 2.84. The summed E-state index contributed by atoms with van der Waals surface area (Å²) in [5, 5.41) is 9.22. The maximum Gasteiger partial charge on any atom is 0.312 e. The summed E-state index contributed by atoms with van der Waals surface area (Å²) in [6.45, 7) is 5.04. The highest BCUT2D eigenvalue weighted by Crippen LogP contribution is 2.53. The summed E-state index contributed by atoms with van der Waals surface area (Å²) in [5.74, 6) is -2.54. The molecule has 0 saturated carbocycles. The fourth-order valence-electron chi connectivity index (χ4n) is 6.29. The number of ether oxygens (including phenoxy) is 2. The van der Waals surface area contributed by atoms with Crippen LogP contribution in [0.15, 0.2) is 42.5 Å². The maximum absolute atomic E-state index is 14.4. The third-order valence-electron chi connectivity index (χ3n) is 8.06. The van der Waals surface area contributed by atoms with Gasteiger partial charge in [-0.15, -0.1) is 0 Å². The lowest BCUT2D eigenvalue weighted by Crippen LogP contribution is -2.55. The smallest absolute Gasteiger partial charge is 0.312 e. The van der Waals surface area contributed by atoms with E-state index in [1.54, 1.807) is 9.80 Å². The lowest BCUT2D eigenvalue weighted by molar-refractivity contribution is -0.154. The Labute approximate surface area is 217 Å². The second-order valence-corrected chi connectivity index (χ2v) is 10.5. The highest BCUT2D eigenvalue weighted by atomic mass is 16.6. The first-order valence-corrected chi connectivity index (χ1v) is 13.4. The van der Waals surface area contributed by atoms with Gasteiger partial charge in [0.1, 0.15) is 17.6 Å². The fourth-order valence-corrected chi connectivity index (χ4v) is 6.29. The Morgan fingerprint density at radius 3 is 2.73 bits per heavy atom. The van der Waals surface area contributed by atoms with Crippen molar-refractivity contribution in [2.24, 2.45) is 11.8 Å². The zero-order chi connectivity index (χ0) is 26.2. The molecule has 8 heteroatoms. The van der Waals surface area contributed by atoms with Crippen molar-refractivity contribution in [1.82, 2.24) is 4.90 Å². The Morgan fingerprint density at radius 1 is 1.08 bits per heavy atom. The molecular formula is C29H36N2O6. The van der Waals surface area contributed by atoms with Crippen LogP contribution in [-0.2, 0) is 23.9 Å². The molecule has 37 heavy (non-hydrogen) atoms. The van der Waals surface area contributed by atoms with Crippen LogP contribution in [0.3, 0.4) is 0 Å². The molecule has 1 unspecified atom stereocenters. The Balaban J connectivity index is 1.58. The van der Waals surface area contributed by atoms with Crippen molar-refractivity contribution < 1.29 is 29.0 Å². The number of cyclic esters (lactones) is 1. The summed E-state index contributed by atoms with van der Waals surface area (Å²) in [5.41, 5.74) is 1.56. The van der Waals surface area contributed by atoms with Gasteiger partial charge in [-0.05, 0) is 63.1 Å². The lowest BCUT2D eigenvalue weighted by Gasteiger charge is -2.35. The van der Waals surface area contributed by atoms with Crippen molar-refractivity contribution in [2.75, 3.05) is 31.2 Å². The number of hydrogen-bond donors (Lipinski definition) is 1. The summed E-state index contributed by atoms with van der Waals surface area (Å²) in [7, 11) is 0. The molecule has 2 fully saturated rings. The van der Waals surface area contributed by atoms with Crippen molar-refractivity contribution in [3.63, 3.8) is 0 Å². The van der Waals surface area contributed by atoms with Crippen LogP contribution < -0.4 is 4.90 Å². The molecule has 5 rings (SSSR count). The van der Waals surface area contributed by atoms with Gasteiger partial charge in [-0.3, -0.25) is 14.4 Å². The number of aliphatic hydroxyl groups is 1. The highest BCUT2D eigenvalue weighted by Gasteiger charge is 2.71. The molecular weight excluding hydrogens is 472 g/mol. The molecule has 0 bridgehead atoms. The Morgan fingerprint density at radius 2 is 1.92 bits per heavy atom. The molecule has 1 N–H and O–H groups in total. The quantitative estimate of drug-likeness (QED) is 0.361. The molecule has 0 radical (unpaired) electrons. The molecule has 1 aromatic carbocycles. The normalized spacial score (nSPS) is 32.1. The standard InChI is InChI=1S/C29H36N2O6/c1-19-11-12-20(2)21(18-19)30-15-9-13-29-24(23-22(37-29)10-5-3-8-17-36-28(23)35)26(33)31(25(29)27(30)34)14-6-4-7-16-32/h5,9-13,18,22-25,32H,3-4,6-8,14-17H2,1-2H3/b10-5-/t22-,23+,24-,25?,29-/m0/s1. The molecule has 2 saturated heterocycles. The molecule has 0 aromatic heterocycles. The minimum atomic E-state index is -1.25. The Hall–Kier alpha value is -2.97. The van der Waals surface area contributed by atoms with Crippen molar-refractivity contribution in [2.45, 2.75) is 63.7 Å². The van der Waals surface area contributed by atoms with E-state index in [-0.39, 0.29) is 18.4 Å². The number of nitrogens with zero attached hydrogens (tertiary/aromatic N) is 2. The monoisotopic (exact) mass is 508 g/mol. The summed E-state index contributed by atoms with van der Waals surface area (Å²) in [6.07, 6.45) is 10.4. The number of anilines is 1. The van der Waals surface area contributed by atoms with Gasteiger partial charge < -0.3 is 24.4 Å². The van der Waals surface area contributed by atoms with Crippen LogP contribution in [0.1, 0.15) is 43.2 Å². The molecule has 1 spiro atoms. The van der Waals surface area contributed by atoms with Crippen molar-refractivity contribution in [1.29, 1.82) is 0 Å². The topological polar surface area (TPSA) is 96.4 Å². The van der Waals surface area contributed by atoms with Gasteiger partial charge in [0.25, 0.3) is 5.91 Å². The number of allylic oxidation sites excluding steroid dienone is 1. The van der Waals surface area contributed by atoms with E-state index in [0.717, 1.165) is 29.7 Å². The highest BCUT2D eigenvalue weighted by molar-refractivity contribution is 6.05. The second-order valence-electron chi connectivity index (χ2n) is 10.5. The van der Waals surface area contributed by atoms with E-state index in [1.165, 1.54) is 0 Å². The Kier molecular flexibility index (Phi) is 7.23. The number of benzene rings is 1. The number of rotatable bonds is 6. The number of unbranched alkanes of at least 4 members (excludes halogenated alkanes) is 2. The third-order valence-corrected chi connectivity index (χ3v) is 8.06. The molecule has 1 aromatic rings. The van der Waals surface area contributed by atoms with Gasteiger partial charge in [0.15, 0.2) is 0 Å². The van der Waals surface area contributed by atoms with Gasteiger partial charge in [0.05, 0.1) is 18.6 Å². The number of fused-ring (bicyclic) bond motifs is 2. The average Bonchev–Trinajstić information content (AvgIpc) is 3.28. The van der Waals surface area contributed by atoms with E-state index in [9.17, 15) is 19.5 Å². The van der Waals surface area contributed by atoms with Crippen LogP contribution in [0.4, 0.5) is 5.69 Å².